The maximum absolute atomic E-state index is 9.37. The molecule has 3 aromatic rings. The van der Waals surface area contributed by atoms with Gasteiger partial charge in [0.2, 0.25) is 0 Å². The first-order valence-electron chi connectivity index (χ1n) is 9.67. The van der Waals surface area contributed by atoms with Crippen LogP contribution in [0.25, 0.3) is 10.9 Å². The fraction of sp³-hybridized carbons (Fsp3) is 0.304. The lowest BCUT2D eigenvalue weighted by molar-refractivity contribution is 0.285. The minimum absolute atomic E-state index is 0.480. The molecule has 0 saturated carbocycles. The summed E-state index contributed by atoms with van der Waals surface area (Å²) in [5.74, 6) is 0.892. The van der Waals surface area contributed by atoms with E-state index in [4.69, 9.17) is 4.74 Å². The minimum atomic E-state index is 0.480. The normalized spacial score (nSPS) is 15.2. The van der Waals surface area contributed by atoms with E-state index in [1.54, 1.807) is 7.11 Å². The van der Waals surface area contributed by atoms with E-state index in [1.165, 1.54) is 5.56 Å². The molecule has 1 aromatic heterocycles. The first-order valence-corrected chi connectivity index (χ1v) is 9.67. The molecule has 0 N–H and O–H groups in total. The van der Waals surface area contributed by atoms with Gasteiger partial charge in [-0.2, -0.15) is 5.26 Å². The highest BCUT2D eigenvalue weighted by Crippen LogP contribution is 2.28. The monoisotopic (exact) mass is 372 g/mol. The van der Waals surface area contributed by atoms with E-state index >= 15 is 0 Å². The molecule has 1 aliphatic rings. The van der Waals surface area contributed by atoms with Crippen LogP contribution in [0, 0.1) is 11.3 Å². The number of hydrogen-bond donors (Lipinski definition) is 0. The van der Waals surface area contributed by atoms with Crippen LogP contribution >= 0.6 is 0 Å². The highest BCUT2D eigenvalue weighted by Gasteiger charge is 2.18. The van der Waals surface area contributed by atoms with Gasteiger partial charge in [-0.1, -0.05) is 30.3 Å². The molecule has 0 amide bonds. The lowest BCUT2D eigenvalue weighted by Crippen LogP contribution is -2.30. The number of rotatable bonds is 4. The molecule has 2 aromatic carbocycles. The Kier molecular flexibility index (Phi) is 5.41. The first kappa shape index (κ1) is 18.3. The molecule has 0 bridgehead atoms. The fourth-order valence-electron chi connectivity index (χ4n) is 3.84. The number of anilines is 1. The SMILES string of the molecule is COc1ccc(CN2CCCN(c3cc(C#N)nc4ccccc34)CC2)cc1. The van der Waals surface area contributed by atoms with Gasteiger partial charge in [0.25, 0.3) is 0 Å². The standard InChI is InChI=1S/C23H24N4O/c1-28-20-9-7-18(8-10-20)17-26-11-4-12-27(14-13-26)23-15-19(16-24)25-22-6-3-2-5-21(22)23/h2-3,5-10,15H,4,11-14,17H2,1H3. The summed E-state index contributed by atoms with van der Waals surface area (Å²) in [5, 5.41) is 10.5. The number of pyridine rings is 1. The van der Waals surface area contributed by atoms with Gasteiger partial charge in [0, 0.05) is 43.8 Å². The van der Waals surface area contributed by atoms with Gasteiger partial charge in [-0.25, -0.2) is 4.98 Å². The van der Waals surface area contributed by atoms with Crippen molar-refractivity contribution in [1.29, 1.82) is 5.26 Å². The molecule has 142 valence electrons. The Morgan fingerprint density at radius 2 is 1.86 bits per heavy atom. The smallest absolute Gasteiger partial charge is 0.143 e. The second kappa shape index (κ2) is 8.28. The molecule has 28 heavy (non-hydrogen) atoms. The molecule has 5 heteroatoms. The molecule has 5 nitrogen and oxygen atoms in total. The molecule has 0 aliphatic carbocycles. The number of fused-ring (bicyclic) bond motifs is 1. The Labute approximate surface area is 165 Å². The number of methoxy groups -OCH3 is 1. The maximum atomic E-state index is 9.37. The van der Waals surface area contributed by atoms with Gasteiger partial charge in [-0.05, 0) is 36.2 Å². The van der Waals surface area contributed by atoms with E-state index in [0.29, 0.717) is 5.69 Å². The summed E-state index contributed by atoms with van der Waals surface area (Å²) in [7, 11) is 1.69. The van der Waals surface area contributed by atoms with Gasteiger partial charge in [0.1, 0.15) is 17.5 Å². The van der Waals surface area contributed by atoms with Gasteiger partial charge in [-0.3, -0.25) is 4.90 Å². The van der Waals surface area contributed by atoms with E-state index in [9.17, 15) is 5.26 Å². The highest BCUT2D eigenvalue weighted by molar-refractivity contribution is 5.92. The van der Waals surface area contributed by atoms with Crippen molar-refractivity contribution >= 4 is 16.6 Å². The van der Waals surface area contributed by atoms with Gasteiger partial charge in [0.15, 0.2) is 0 Å². The van der Waals surface area contributed by atoms with E-state index in [1.807, 2.05) is 36.4 Å². The summed E-state index contributed by atoms with van der Waals surface area (Å²) in [4.78, 5) is 9.35. The summed E-state index contributed by atoms with van der Waals surface area (Å²) in [5.41, 5.74) is 3.78. The molecule has 0 spiro atoms. The van der Waals surface area contributed by atoms with Crippen LogP contribution < -0.4 is 9.64 Å². The van der Waals surface area contributed by atoms with Crippen molar-refractivity contribution in [2.45, 2.75) is 13.0 Å². The Hall–Kier alpha value is -3.10. The summed E-state index contributed by atoms with van der Waals surface area (Å²) in [6, 6.07) is 20.5. The predicted molar refractivity (Wildman–Crippen MR) is 112 cm³/mol. The third kappa shape index (κ3) is 3.92. The fourth-order valence-corrected chi connectivity index (χ4v) is 3.84. The number of ether oxygens (including phenoxy) is 1. The van der Waals surface area contributed by atoms with Crippen LogP contribution in [0.5, 0.6) is 5.75 Å². The summed E-state index contributed by atoms with van der Waals surface area (Å²) in [6.45, 7) is 4.92. The van der Waals surface area contributed by atoms with Gasteiger partial charge in [-0.15, -0.1) is 0 Å². The van der Waals surface area contributed by atoms with Crippen molar-refractivity contribution in [3.05, 3.63) is 65.9 Å². The maximum Gasteiger partial charge on any atom is 0.143 e. The van der Waals surface area contributed by atoms with Crippen molar-refractivity contribution in [2.75, 3.05) is 38.2 Å². The molecule has 0 unspecified atom stereocenters. The lowest BCUT2D eigenvalue weighted by atomic mass is 10.1. The zero-order chi connectivity index (χ0) is 19.3. The molecule has 2 heterocycles. The molecule has 1 aliphatic heterocycles. The molecular weight excluding hydrogens is 348 g/mol. The van der Waals surface area contributed by atoms with Crippen LogP contribution in [0.1, 0.15) is 17.7 Å². The largest absolute Gasteiger partial charge is 0.497 e. The molecule has 0 atom stereocenters. The number of nitriles is 1. The molecular formula is C23H24N4O. The Morgan fingerprint density at radius 3 is 2.64 bits per heavy atom. The quantitative estimate of drug-likeness (QED) is 0.697. The van der Waals surface area contributed by atoms with Gasteiger partial charge >= 0.3 is 0 Å². The van der Waals surface area contributed by atoms with Crippen molar-refractivity contribution in [2.24, 2.45) is 0 Å². The topological polar surface area (TPSA) is 52.4 Å². The van der Waals surface area contributed by atoms with Crippen LogP contribution in [-0.4, -0.2) is 43.2 Å². The number of aromatic nitrogens is 1. The Balaban J connectivity index is 1.51. The Bertz CT molecular complexity index is 994. The number of para-hydroxylation sites is 1. The van der Waals surface area contributed by atoms with E-state index in [0.717, 1.165) is 61.5 Å². The Morgan fingerprint density at radius 1 is 1.04 bits per heavy atom. The van der Waals surface area contributed by atoms with Crippen LogP contribution in [0.3, 0.4) is 0 Å². The average Bonchev–Trinajstić information content (AvgIpc) is 2.99. The summed E-state index contributed by atoms with van der Waals surface area (Å²) >= 11 is 0. The van der Waals surface area contributed by atoms with E-state index in [-0.39, 0.29) is 0 Å². The van der Waals surface area contributed by atoms with E-state index < -0.39 is 0 Å². The molecule has 0 radical (unpaired) electrons. The number of benzene rings is 2. The van der Waals surface area contributed by atoms with Crippen molar-refractivity contribution in [3.63, 3.8) is 0 Å². The lowest BCUT2D eigenvalue weighted by Gasteiger charge is -2.25. The van der Waals surface area contributed by atoms with Crippen LogP contribution in [0.15, 0.2) is 54.6 Å². The van der Waals surface area contributed by atoms with E-state index in [2.05, 4.69) is 39.1 Å². The second-order valence-corrected chi connectivity index (χ2v) is 7.12. The average molecular weight is 372 g/mol. The van der Waals surface area contributed by atoms with Crippen LogP contribution in [-0.2, 0) is 6.54 Å². The van der Waals surface area contributed by atoms with Gasteiger partial charge in [0.05, 0.1) is 12.6 Å². The minimum Gasteiger partial charge on any atom is -0.497 e. The van der Waals surface area contributed by atoms with Crippen molar-refractivity contribution < 1.29 is 4.74 Å². The summed E-state index contributed by atoms with van der Waals surface area (Å²) in [6.07, 6.45) is 1.09. The summed E-state index contributed by atoms with van der Waals surface area (Å²) < 4.78 is 5.25. The molecule has 1 fully saturated rings. The number of nitrogens with zero attached hydrogens (tertiary/aromatic N) is 4. The zero-order valence-electron chi connectivity index (χ0n) is 16.1. The first-order chi connectivity index (χ1) is 13.8. The number of hydrogen-bond acceptors (Lipinski definition) is 5. The third-order valence-electron chi connectivity index (χ3n) is 5.30. The third-order valence-corrected chi connectivity index (χ3v) is 5.30. The van der Waals surface area contributed by atoms with Crippen LogP contribution in [0.4, 0.5) is 5.69 Å². The second-order valence-electron chi connectivity index (χ2n) is 7.12. The highest BCUT2D eigenvalue weighted by atomic mass is 16.5. The molecule has 1 saturated heterocycles. The van der Waals surface area contributed by atoms with Crippen molar-refractivity contribution in [3.8, 4) is 11.8 Å². The van der Waals surface area contributed by atoms with Gasteiger partial charge < -0.3 is 9.64 Å². The predicted octanol–water partition coefficient (Wildman–Crippen LogP) is 3.83. The molecule has 4 rings (SSSR count). The zero-order valence-corrected chi connectivity index (χ0v) is 16.1. The van der Waals surface area contributed by atoms with Crippen molar-refractivity contribution in [1.82, 2.24) is 9.88 Å². The van der Waals surface area contributed by atoms with Crippen LogP contribution in [0.2, 0.25) is 0 Å².